The van der Waals surface area contributed by atoms with Crippen molar-refractivity contribution in [1.29, 1.82) is 0 Å². The number of rotatable bonds is 4. The third-order valence-corrected chi connectivity index (χ3v) is 6.25. The molecule has 4 aromatic carbocycles. The summed E-state index contributed by atoms with van der Waals surface area (Å²) in [6, 6.07) is 38.8. The van der Waals surface area contributed by atoms with Crippen LogP contribution in [0.25, 0.3) is 22.7 Å². The van der Waals surface area contributed by atoms with Crippen LogP contribution < -0.4 is 4.90 Å². The first-order chi connectivity index (χ1) is 15.9. The van der Waals surface area contributed by atoms with E-state index in [9.17, 15) is 0 Å². The molecule has 1 heterocycles. The van der Waals surface area contributed by atoms with E-state index in [1.165, 1.54) is 27.8 Å². The third kappa shape index (κ3) is 3.12. The lowest BCUT2D eigenvalue weighted by molar-refractivity contribution is 0.967. The minimum Gasteiger partial charge on any atom is -0.311 e. The number of nitrogens with zero attached hydrogens (tertiary/aromatic N) is 2. The van der Waals surface area contributed by atoms with Crippen molar-refractivity contribution in [2.75, 3.05) is 4.90 Å². The zero-order valence-corrected chi connectivity index (χ0v) is 17.9. The second kappa shape index (κ2) is 7.90. The van der Waals surface area contributed by atoms with Gasteiger partial charge in [-0.2, -0.15) is 0 Å². The minimum absolute atomic E-state index is 1.10. The Bertz CT molecular complexity index is 1350. The first-order valence-electron chi connectivity index (χ1n) is 11.2. The molecule has 0 unspecified atom stereocenters. The van der Waals surface area contributed by atoms with Crippen LogP contribution in [-0.4, -0.2) is 4.57 Å². The highest BCUT2D eigenvalue weighted by molar-refractivity contribution is 5.91. The Balaban J connectivity index is 1.48. The van der Waals surface area contributed by atoms with Gasteiger partial charge in [0.05, 0.1) is 5.52 Å². The Morgan fingerprint density at radius 1 is 0.594 bits per heavy atom. The number of allylic oxidation sites excluding steroid dienone is 1. The number of fused-ring (bicyclic) bond motifs is 3. The zero-order valence-electron chi connectivity index (χ0n) is 17.9. The molecule has 0 bridgehead atoms. The van der Waals surface area contributed by atoms with Crippen molar-refractivity contribution >= 4 is 34.0 Å². The molecular formula is C30H24N2. The monoisotopic (exact) mass is 412 g/mol. The smallest absolute Gasteiger partial charge is 0.0537 e. The maximum atomic E-state index is 2.40. The summed E-state index contributed by atoms with van der Waals surface area (Å²) >= 11 is 0. The molecule has 0 saturated carbocycles. The molecule has 2 nitrogen and oxygen atoms in total. The summed E-state index contributed by atoms with van der Waals surface area (Å²) < 4.78 is 2.40. The first kappa shape index (κ1) is 18.7. The van der Waals surface area contributed by atoms with Crippen LogP contribution in [0.5, 0.6) is 0 Å². The second-order valence-electron chi connectivity index (χ2n) is 8.18. The van der Waals surface area contributed by atoms with E-state index in [0.29, 0.717) is 0 Å². The molecule has 2 heteroatoms. The molecule has 0 amide bonds. The van der Waals surface area contributed by atoms with Crippen LogP contribution in [0.1, 0.15) is 17.7 Å². The minimum atomic E-state index is 1.10. The summed E-state index contributed by atoms with van der Waals surface area (Å²) in [6.07, 6.45) is 6.79. The highest BCUT2D eigenvalue weighted by Gasteiger charge is 2.18. The molecule has 0 spiro atoms. The van der Waals surface area contributed by atoms with Crippen molar-refractivity contribution in [3.63, 3.8) is 0 Å². The Kier molecular flexibility index (Phi) is 4.62. The summed E-state index contributed by atoms with van der Waals surface area (Å²) in [6.45, 7) is 0. The second-order valence-corrected chi connectivity index (χ2v) is 8.18. The van der Waals surface area contributed by atoms with E-state index in [4.69, 9.17) is 0 Å². The van der Waals surface area contributed by atoms with Crippen molar-refractivity contribution in [2.45, 2.75) is 12.8 Å². The summed E-state index contributed by atoms with van der Waals surface area (Å²) in [5.41, 5.74) is 8.69. The van der Waals surface area contributed by atoms with Crippen LogP contribution in [0.3, 0.4) is 0 Å². The highest BCUT2D eigenvalue weighted by Crippen LogP contribution is 2.37. The van der Waals surface area contributed by atoms with E-state index in [0.717, 1.165) is 29.9 Å². The van der Waals surface area contributed by atoms with Crippen molar-refractivity contribution in [3.8, 4) is 5.69 Å². The van der Waals surface area contributed by atoms with Crippen LogP contribution in [0.2, 0.25) is 0 Å². The molecule has 0 fully saturated rings. The fourth-order valence-electron chi connectivity index (χ4n) is 4.82. The maximum Gasteiger partial charge on any atom is 0.0537 e. The number of hydrogen-bond acceptors (Lipinski definition) is 1. The van der Waals surface area contributed by atoms with Crippen LogP contribution in [0.4, 0.5) is 17.1 Å². The van der Waals surface area contributed by atoms with Crippen LogP contribution >= 0.6 is 0 Å². The van der Waals surface area contributed by atoms with Crippen LogP contribution in [0.15, 0.2) is 115 Å². The van der Waals surface area contributed by atoms with Gasteiger partial charge in [0.1, 0.15) is 0 Å². The summed E-state index contributed by atoms with van der Waals surface area (Å²) in [5, 5.41) is 1.37. The highest BCUT2D eigenvalue weighted by atomic mass is 15.1. The van der Waals surface area contributed by atoms with E-state index in [2.05, 4.69) is 131 Å². The molecule has 1 aliphatic rings. The van der Waals surface area contributed by atoms with Gasteiger partial charge in [0, 0.05) is 33.8 Å². The SMILES string of the molecule is C1=Cc2c(c3ccccc3n2-c2ccc(N(c3ccccc3)c3ccccc3)cc2)CC1. The maximum absolute atomic E-state index is 2.40. The van der Waals surface area contributed by atoms with E-state index in [1.807, 2.05) is 0 Å². The fourth-order valence-corrected chi connectivity index (χ4v) is 4.82. The molecule has 0 radical (unpaired) electrons. The van der Waals surface area contributed by atoms with E-state index >= 15 is 0 Å². The standard InChI is InChI=1S/C30H24N2/c1-3-11-23(12-4-1)31(24-13-5-2-6-14-24)25-19-21-26(22-20-25)32-29-17-9-7-15-27(29)28-16-8-10-18-30(28)32/h1-7,9-15,17-22H,8,16H2. The Hall–Kier alpha value is -4.04. The van der Waals surface area contributed by atoms with Gasteiger partial charge in [-0.1, -0.05) is 60.7 Å². The Morgan fingerprint density at radius 2 is 1.19 bits per heavy atom. The molecule has 0 saturated heterocycles. The number of aromatic nitrogens is 1. The summed E-state index contributed by atoms with van der Waals surface area (Å²) in [5.74, 6) is 0. The van der Waals surface area contributed by atoms with Crippen molar-refractivity contribution in [1.82, 2.24) is 4.57 Å². The van der Waals surface area contributed by atoms with Gasteiger partial charge < -0.3 is 9.47 Å². The molecule has 6 rings (SSSR count). The Morgan fingerprint density at radius 3 is 1.88 bits per heavy atom. The number of hydrogen-bond donors (Lipinski definition) is 0. The topological polar surface area (TPSA) is 8.17 Å². The van der Waals surface area contributed by atoms with E-state index in [1.54, 1.807) is 0 Å². The molecule has 0 N–H and O–H groups in total. The van der Waals surface area contributed by atoms with Crippen LogP contribution in [-0.2, 0) is 6.42 Å². The largest absolute Gasteiger partial charge is 0.311 e. The van der Waals surface area contributed by atoms with Gasteiger partial charge in [-0.05, 0) is 79.1 Å². The number of anilines is 3. The van der Waals surface area contributed by atoms with Gasteiger partial charge in [-0.25, -0.2) is 0 Å². The number of aryl methyl sites for hydroxylation is 1. The average Bonchev–Trinajstić information content (AvgIpc) is 3.21. The lowest BCUT2D eigenvalue weighted by Gasteiger charge is -2.25. The van der Waals surface area contributed by atoms with Crippen molar-refractivity contribution in [3.05, 3.63) is 127 Å². The van der Waals surface area contributed by atoms with Gasteiger partial charge in [-0.3, -0.25) is 0 Å². The molecule has 5 aromatic rings. The van der Waals surface area contributed by atoms with Gasteiger partial charge in [0.2, 0.25) is 0 Å². The Labute approximate surface area is 188 Å². The van der Waals surface area contributed by atoms with Gasteiger partial charge in [0.15, 0.2) is 0 Å². The lowest BCUT2D eigenvalue weighted by Crippen LogP contribution is -2.10. The fraction of sp³-hybridized carbons (Fsp3) is 0.0667. The molecule has 32 heavy (non-hydrogen) atoms. The molecular weight excluding hydrogens is 388 g/mol. The zero-order chi connectivity index (χ0) is 21.3. The molecule has 0 atom stereocenters. The predicted octanol–water partition coefficient (Wildman–Crippen LogP) is 8.06. The lowest BCUT2D eigenvalue weighted by atomic mass is 10.0. The van der Waals surface area contributed by atoms with Crippen LogP contribution in [0, 0.1) is 0 Å². The third-order valence-electron chi connectivity index (χ3n) is 6.25. The predicted molar refractivity (Wildman–Crippen MR) is 135 cm³/mol. The number of para-hydroxylation sites is 3. The molecule has 1 aromatic heterocycles. The molecule has 1 aliphatic carbocycles. The quantitative estimate of drug-likeness (QED) is 0.290. The van der Waals surface area contributed by atoms with E-state index in [-0.39, 0.29) is 0 Å². The first-order valence-corrected chi connectivity index (χ1v) is 11.2. The van der Waals surface area contributed by atoms with Gasteiger partial charge >= 0.3 is 0 Å². The molecule has 0 aliphatic heterocycles. The van der Waals surface area contributed by atoms with Crippen molar-refractivity contribution in [2.24, 2.45) is 0 Å². The van der Waals surface area contributed by atoms with E-state index < -0.39 is 0 Å². The van der Waals surface area contributed by atoms with Gasteiger partial charge in [-0.15, -0.1) is 0 Å². The molecule has 154 valence electrons. The summed E-state index contributed by atoms with van der Waals surface area (Å²) in [7, 11) is 0. The normalized spacial score (nSPS) is 12.6. The summed E-state index contributed by atoms with van der Waals surface area (Å²) in [4.78, 5) is 2.30. The number of benzene rings is 4. The average molecular weight is 413 g/mol. The van der Waals surface area contributed by atoms with Crippen molar-refractivity contribution < 1.29 is 0 Å². The van der Waals surface area contributed by atoms with Gasteiger partial charge in [0.25, 0.3) is 0 Å².